The molecule has 0 saturated heterocycles. The molecule has 2 rings (SSSR count). The van der Waals surface area contributed by atoms with E-state index >= 15 is 0 Å². The van der Waals surface area contributed by atoms with Crippen molar-refractivity contribution >= 4 is 17.9 Å². The van der Waals surface area contributed by atoms with E-state index < -0.39 is 11.9 Å². The van der Waals surface area contributed by atoms with Crippen molar-refractivity contribution in [3.05, 3.63) is 66.8 Å². The van der Waals surface area contributed by atoms with Crippen molar-refractivity contribution in [1.29, 1.82) is 0 Å². The van der Waals surface area contributed by atoms with Gasteiger partial charge in [-0.1, -0.05) is 38.3 Å². The van der Waals surface area contributed by atoms with E-state index in [1.807, 2.05) is 6.07 Å². The highest BCUT2D eigenvalue weighted by molar-refractivity contribution is 5.89. The fraction of sp³-hybridized carbons (Fsp3) is 0.296. The predicted molar refractivity (Wildman–Crippen MR) is 130 cm³/mol. The highest BCUT2D eigenvalue weighted by atomic mass is 16.6. The normalized spacial score (nSPS) is 10.1. The van der Waals surface area contributed by atoms with Crippen molar-refractivity contribution in [2.75, 3.05) is 26.4 Å². The molecule has 8 heteroatoms. The number of ether oxygens (including phenoxy) is 5. The van der Waals surface area contributed by atoms with E-state index in [0.717, 1.165) is 11.1 Å². The number of carbonyl (C=O) groups excluding carboxylic acids is 3. The van der Waals surface area contributed by atoms with Crippen molar-refractivity contribution in [2.45, 2.75) is 27.2 Å². The summed E-state index contributed by atoms with van der Waals surface area (Å²) in [7, 11) is 0. The van der Waals surface area contributed by atoms with Gasteiger partial charge in [0.25, 0.3) is 0 Å². The molecule has 8 nitrogen and oxygen atoms in total. The van der Waals surface area contributed by atoms with Crippen LogP contribution in [-0.2, 0) is 23.9 Å². The van der Waals surface area contributed by atoms with Crippen LogP contribution in [0.1, 0.15) is 27.2 Å². The Morgan fingerprint density at radius 1 is 0.714 bits per heavy atom. The largest absolute Gasteiger partial charge is 0.486 e. The average molecular weight is 483 g/mol. The Bertz CT molecular complexity index is 1070. The maximum Gasteiger partial charge on any atom is 0.338 e. The highest BCUT2D eigenvalue weighted by Gasteiger charge is 2.11. The minimum Gasteiger partial charge on any atom is -0.486 e. The van der Waals surface area contributed by atoms with Crippen molar-refractivity contribution in [3.8, 4) is 28.4 Å². The predicted octanol–water partition coefficient (Wildman–Crippen LogP) is 4.67. The van der Waals surface area contributed by atoms with Crippen LogP contribution in [0.5, 0.6) is 17.2 Å². The molecule has 0 heterocycles. The van der Waals surface area contributed by atoms with Gasteiger partial charge in [-0.2, -0.15) is 0 Å². The molecule has 2 aromatic rings. The topological polar surface area (TPSA) is 97.4 Å². The first-order valence-corrected chi connectivity index (χ1v) is 11.1. The van der Waals surface area contributed by atoms with E-state index in [9.17, 15) is 14.4 Å². The van der Waals surface area contributed by atoms with E-state index in [2.05, 4.69) is 13.2 Å². The van der Waals surface area contributed by atoms with Crippen LogP contribution in [0.3, 0.4) is 0 Å². The van der Waals surface area contributed by atoms with Crippen LogP contribution in [0.15, 0.2) is 66.8 Å². The van der Waals surface area contributed by atoms with Gasteiger partial charge in [0, 0.05) is 17.6 Å². The zero-order valence-corrected chi connectivity index (χ0v) is 20.3. The molecule has 0 aliphatic heterocycles. The molecule has 186 valence electrons. The van der Waals surface area contributed by atoms with Gasteiger partial charge in [-0.05, 0) is 49.2 Å². The summed E-state index contributed by atoms with van der Waals surface area (Å²) >= 11 is 0. The highest BCUT2D eigenvalue weighted by Crippen LogP contribution is 2.33. The molecule has 0 aliphatic carbocycles. The van der Waals surface area contributed by atoms with E-state index in [1.165, 1.54) is 0 Å². The molecule has 0 bridgehead atoms. The summed E-state index contributed by atoms with van der Waals surface area (Å²) < 4.78 is 26.9. The van der Waals surface area contributed by atoms with Crippen molar-refractivity contribution in [1.82, 2.24) is 0 Å². The fourth-order valence-corrected chi connectivity index (χ4v) is 2.65. The lowest BCUT2D eigenvalue weighted by atomic mass is 10.0. The van der Waals surface area contributed by atoms with Gasteiger partial charge in [0.1, 0.15) is 32.2 Å². The second-order valence-electron chi connectivity index (χ2n) is 7.54. The summed E-state index contributed by atoms with van der Waals surface area (Å²) in [5.74, 6) is -0.0259. The number of hydrogen-bond donors (Lipinski definition) is 0. The van der Waals surface area contributed by atoms with E-state index in [0.29, 0.717) is 28.4 Å². The van der Waals surface area contributed by atoms with Gasteiger partial charge in [-0.3, -0.25) is 4.79 Å². The Balaban J connectivity index is 2.13. The van der Waals surface area contributed by atoms with Crippen LogP contribution in [0, 0.1) is 0 Å². The molecule has 0 radical (unpaired) electrons. The Hall–Kier alpha value is -4.07. The number of hydrogen-bond acceptors (Lipinski definition) is 8. The van der Waals surface area contributed by atoms with Gasteiger partial charge < -0.3 is 23.7 Å². The molecule has 0 fully saturated rings. The van der Waals surface area contributed by atoms with Crippen molar-refractivity contribution in [2.24, 2.45) is 0 Å². The van der Waals surface area contributed by atoms with Crippen molar-refractivity contribution in [3.63, 3.8) is 0 Å². The number of rotatable bonds is 13. The lowest BCUT2D eigenvalue weighted by Crippen LogP contribution is -2.14. The molecule has 0 amide bonds. The van der Waals surface area contributed by atoms with Gasteiger partial charge in [-0.15, -0.1) is 0 Å². The van der Waals surface area contributed by atoms with Gasteiger partial charge >= 0.3 is 17.9 Å². The fourth-order valence-electron chi connectivity index (χ4n) is 2.65. The molecular formula is C27H30O8. The minimum absolute atomic E-state index is 0.0470. The molecule has 0 aromatic heterocycles. The SMILES string of the molecule is C=C(C)C(=O)OCCOc1ccc(-c2ccc(OC(=O)C(=C)C)cc2)cc1OCCOC(=O)CC. The maximum absolute atomic E-state index is 11.7. The van der Waals surface area contributed by atoms with Crippen LogP contribution in [-0.4, -0.2) is 44.3 Å². The summed E-state index contributed by atoms with van der Waals surface area (Å²) in [6.45, 7) is 12.3. The molecular weight excluding hydrogens is 452 g/mol. The molecule has 35 heavy (non-hydrogen) atoms. The molecule has 0 spiro atoms. The smallest absolute Gasteiger partial charge is 0.338 e. The van der Waals surface area contributed by atoms with Gasteiger partial charge in [0.05, 0.1) is 0 Å². The number of carbonyl (C=O) groups is 3. The first kappa shape index (κ1) is 27.2. The van der Waals surface area contributed by atoms with E-state index in [4.69, 9.17) is 23.7 Å². The Kier molecular flexibility index (Phi) is 10.6. The zero-order chi connectivity index (χ0) is 25.8. The third-order valence-electron chi connectivity index (χ3n) is 4.51. The maximum atomic E-state index is 11.7. The summed E-state index contributed by atoms with van der Waals surface area (Å²) in [5.41, 5.74) is 2.29. The third kappa shape index (κ3) is 9.00. The second kappa shape index (κ2) is 13.6. The molecule has 0 unspecified atom stereocenters. The number of esters is 3. The first-order valence-electron chi connectivity index (χ1n) is 11.1. The first-order chi connectivity index (χ1) is 16.7. The van der Waals surface area contributed by atoms with Gasteiger partial charge in [0.2, 0.25) is 0 Å². The summed E-state index contributed by atoms with van der Waals surface area (Å²) in [6.07, 6.45) is 0.282. The Labute approximate surface area is 205 Å². The van der Waals surface area contributed by atoms with Crippen LogP contribution >= 0.6 is 0 Å². The van der Waals surface area contributed by atoms with Crippen LogP contribution < -0.4 is 14.2 Å². The van der Waals surface area contributed by atoms with Gasteiger partial charge in [0.15, 0.2) is 11.5 Å². The summed E-state index contributed by atoms with van der Waals surface area (Å²) in [6, 6.07) is 12.3. The molecule has 0 saturated carbocycles. The monoisotopic (exact) mass is 482 g/mol. The van der Waals surface area contributed by atoms with E-state index in [-0.39, 0.29) is 38.8 Å². The molecule has 0 aliphatic rings. The van der Waals surface area contributed by atoms with Crippen LogP contribution in [0.2, 0.25) is 0 Å². The average Bonchev–Trinajstić information content (AvgIpc) is 2.84. The Morgan fingerprint density at radius 2 is 1.29 bits per heavy atom. The molecule has 0 N–H and O–H groups in total. The van der Waals surface area contributed by atoms with Crippen LogP contribution in [0.25, 0.3) is 11.1 Å². The number of benzene rings is 2. The standard InChI is InChI=1S/C27H30O8/c1-6-25(28)33-15-13-32-24-17-21(9-12-23(24)31-14-16-34-26(29)18(2)3)20-7-10-22(11-8-20)35-27(30)19(4)5/h7-12,17H,2,4,6,13-16H2,1,3,5H3. The lowest BCUT2D eigenvalue weighted by molar-refractivity contribution is -0.144. The Morgan fingerprint density at radius 3 is 1.89 bits per heavy atom. The van der Waals surface area contributed by atoms with Crippen molar-refractivity contribution < 1.29 is 38.1 Å². The summed E-state index contributed by atoms with van der Waals surface area (Å²) in [5, 5.41) is 0. The summed E-state index contributed by atoms with van der Waals surface area (Å²) in [4.78, 5) is 34.6. The quantitative estimate of drug-likeness (QED) is 0.176. The third-order valence-corrected chi connectivity index (χ3v) is 4.51. The van der Waals surface area contributed by atoms with Gasteiger partial charge in [-0.25, -0.2) is 9.59 Å². The zero-order valence-electron chi connectivity index (χ0n) is 20.3. The molecule has 2 aromatic carbocycles. The van der Waals surface area contributed by atoms with Crippen LogP contribution in [0.4, 0.5) is 0 Å². The molecule has 0 atom stereocenters. The lowest BCUT2D eigenvalue weighted by Gasteiger charge is -2.15. The second-order valence-corrected chi connectivity index (χ2v) is 7.54. The minimum atomic E-state index is -0.493. The van der Waals surface area contributed by atoms with E-state index in [1.54, 1.807) is 57.2 Å².